The molecule has 0 radical (unpaired) electrons. The molecule has 0 saturated heterocycles. The van der Waals surface area contributed by atoms with Crippen molar-refractivity contribution in [2.24, 2.45) is 0 Å². The topological polar surface area (TPSA) is 32.3 Å². The first kappa shape index (κ1) is 22.9. The minimum Gasteiger partial charge on any atom is -0.322 e. The molecule has 2 atom stereocenters. The summed E-state index contributed by atoms with van der Waals surface area (Å²) < 4.78 is 0. The zero-order chi connectivity index (χ0) is 17.5. The summed E-state index contributed by atoms with van der Waals surface area (Å²) in [6, 6.07) is -0.117. The van der Waals surface area contributed by atoms with Crippen LogP contribution in [0.1, 0.15) is 91.4 Å². The maximum Gasteiger partial charge on any atom is 0.319 e. The summed E-state index contributed by atoms with van der Waals surface area (Å²) in [5, 5.41) is 2.91. The van der Waals surface area contributed by atoms with Gasteiger partial charge in [0.25, 0.3) is 0 Å². The van der Waals surface area contributed by atoms with Gasteiger partial charge in [0, 0.05) is 6.54 Å². The first-order valence-electron chi connectivity index (χ1n) is 9.42. The van der Waals surface area contributed by atoms with E-state index in [1.807, 2.05) is 0 Å². The number of hydrogen-bond donors (Lipinski definition) is 1. The zero-order valence-electron chi connectivity index (χ0n) is 15.3. The molecule has 0 bridgehead atoms. The highest BCUT2D eigenvalue weighted by Crippen LogP contribution is 2.16. The summed E-state index contributed by atoms with van der Waals surface area (Å²) >= 11 is 12.7. The van der Waals surface area contributed by atoms with Gasteiger partial charge in [0.15, 0.2) is 0 Å². The van der Waals surface area contributed by atoms with Crippen LogP contribution in [0.3, 0.4) is 0 Å². The fraction of sp³-hybridized carbons (Fsp3) is 0.944. The molecule has 0 spiro atoms. The molecule has 0 aliphatic heterocycles. The molecule has 0 saturated carbocycles. The third-order valence-corrected chi connectivity index (χ3v) is 4.77. The number of unbranched alkanes of at least 4 members (excludes halogenated alkanes) is 6. The van der Waals surface area contributed by atoms with E-state index in [0.717, 1.165) is 70.6 Å². The minimum absolute atomic E-state index is 0.117. The largest absolute Gasteiger partial charge is 0.322 e. The van der Waals surface area contributed by atoms with Crippen molar-refractivity contribution in [3.63, 3.8) is 0 Å². The Morgan fingerprint density at radius 3 is 1.96 bits per heavy atom. The summed E-state index contributed by atoms with van der Waals surface area (Å²) in [4.78, 5) is 14.3. The quantitative estimate of drug-likeness (QED) is 0.213. The second kappa shape index (κ2) is 15.4. The Hall–Kier alpha value is -0.150. The molecule has 2 unspecified atom stereocenters. The highest BCUT2D eigenvalue weighted by Gasteiger charge is 2.22. The molecule has 0 aromatic carbocycles. The summed E-state index contributed by atoms with van der Waals surface area (Å²) in [5.74, 6) is 0. The number of nitrogens with one attached hydrogen (secondary N) is 1. The SMILES string of the molecule is CCCCCC(Cl)NC(=O)N(CCCCC)C(Cl)CCCCC. The number of nitrogens with zero attached hydrogens (tertiary/aromatic N) is 1. The molecule has 2 amide bonds. The molecular formula is C18H36Cl2N2O. The average Bonchev–Trinajstić information content (AvgIpc) is 2.51. The Morgan fingerprint density at radius 2 is 1.39 bits per heavy atom. The number of carbonyl (C=O) groups is 1. The Bertz CT molecular complexity index is 290. The van der Waals surface area contributed by atoms with Crippen LogP contribution >= 0.6 is 23.2 Å². The first-order chi connectivity index (χ1) is 11.1. The molecule has 3 nitrogen and oxygen atoms in total. The van der Waals surface area contributed by atoms with Gasteiger partial charge in [0.05, 0.1) is 0 Å². The van der Waals surface area contributed by atoms with Gasteiger partial charge in [-0.15, -0.1) is 0 Å². The van der Waals surface area contributed by atoms with Crippen molar-refractivity contribution in [3.8, 4) is 0 Å². The van der Waals surface area contributed by atoms with Gasteiger partial charge in [-0.2, -0.15) is 0 Å². The van der Waals surface area contributed by atoms with E-state index in [9.17, 15) is 4.79 Å². The lowest BCUT2D eigenvalue weighted by Gasteiger charge is -2.29. The minimum atomic E-state index is -0.303. The lowest BCUT2D eigenvalue weighted by atomic mass is 10.2. The van der Waals surface area contributed by atoms with Gasteiger partial charge in [-0.25, -0.2) is 4.79 Å². The van der Waals surface area contributed by atoms with E-state index >= 15 is 0 Å². The van der Waals surface area contributed by atoms with E-state index in [4.69, 9.17) is 23.2 Å². The molecule has 0 aliphatic rings. The van der Waals surface area contributed by atoms with E-state index in [0.29, 0.717) is 6.54 Å². The van der Waals surface area contributed by atoms with Crippen LogP contribution in [-0.4, -0.2) is 28.5 Å². The van der Waals surface area contributed by atoms with Gasteiger partial charge in [0.2, 0.25) is 0 Å². The second-order valence-electron chi connectivity index (χ2n) is 6.24. The summed E-state index contributed by atoms with van der Waals surface area (Å²) in [7, 11) is 0. The van der Waals surface area contributed by atoms with Crippen molar-refractivity contribution in [1.29, 1.82) is 0 Å². The summed E-state index contributed by atoms with van der Waals surface area (Å²) in [6.07, 6.45) is 11.6. The maximum absolute atomic E-state index is 12.5. The second-order valence-corrected chi connectivity index (χ2v) is 7.27. The molecule has 5 heteroatoms. The van der Waals surface area contributed by atoms with Gasteiger partial charge in [-0.3, -0.25) is 0 Å². The highest BCUT2D eigenvalue weighted by molar-refractivity contribution is 6.22. The molecule has 0 rings (SSSR count). The Labute approximate surface area is 153 Å². The van der Waals surface area contributed by atoms with Crippen molar-refractivity contribution in [2.45, 2.75) is 102 Å². The van der Waals surface area contributed by atoms with Crippen molar-refractivity contribution in [3.05, 3.63) is 0 Å². The lowest BCUT2D eigenvalue weighted by molar-refractivity contribution is 0.186. The van der Waals surface area contributed by atoms with Gasteiger partial charge in [-0.05, 0) is 19.3 Å². The molecule has 0 fully saturated rings. The standard InChI is InChI=1S/C18H36Cl2N2O/c1-4-7-10-13-16(19)21-18(23)22(15-12-9-6-3)17(20)14-11-8-5-2/h16-17H,4-15H2,1-3H3,(H,21,23). The van der Waals surface area contributed by atoms with Gasteiger partial charge in [-0.1, -0.05) is 95.3 Å². The van der Waals surface area contributed by atoms with Crippen molar-refractivity contribution in [1.82, 2.24) is 10.2 Å². The van der Waals surface area contributed by atoms with Crippen molar-refractivity contribution < 1.29 is 4.79 Å². The molecule has 138 valence electrons. The smallest absolute Gasteiger partial charge is 0.319 e. The fourth-order valence-corrected chi connectivity index (χ4v) is 3.07. The fourth-order valence-electron chi connectivity index (χ4n) is 2.48. The predicted octanol–water partition coefficient (Wildman–Crippen LogP) is 6.48. The van der Waals surface area contributed by atoms with E-state index in [2.05, 4.69) is 26.1 Å². The molecule has 0 aliphatic carbocycles. The predicted molar refractivity (Wildman–Crippen MR) is 102 cm³/mol. The van der Waals surface area contributed by atoms with Crippen LogP contribution in [-0.2, 0) is 0 Å². The van der Waals surface area contributed by atoms with E-state index in [1.54, 1.807) is 4.90 Å². The number of halogens is 2. The number of alkyl halides is 2. The molecular weight excluding hydrogens is 331 g/mol. The third-order valence-electron chi connectivity index (χ3n) is 3.99. The highest BCUT2D eigenvalue weighted by atomic mass is 35.5. The van der Waals surface area contributed by atoms with Crippen LogP contribution in [0.5, 0.6) is 0 Å². The number of rotatable bonds is 14. The Balaban J connectivity index is 4.41. The Morgan fingerprint density at radius 1 is 0.870 bits per heavy atom. The molecule has 0 aromatic heterocycles. The molecule has 1 N–H and O–H groups in total. The van der Waals surface area contributed by atoms with E-state index < -0.39 is 0 Å². The van der Waals surface area contributed by atoms with E-state index in [1.165, 1.54) is 0 Å². The van der Waals surface area contributed by atoms with Crippen LogP contribution in [0.4, 0.5) is 4.79 Å². The maximum atomic E-state index is 12.5. The molecule has 0 heterocycles. The van der Waals surface area contributed by atoms with E-state index in [-0.39, 0.29) is 17.0 Å². The third kappa shape index (κ3) is 11.9. The Kier molecular flexibility index (Phi) is 15.3. The zero-order valence-corrected chi connectivity index (χ0v) is 16.8. The van der Waals surface area contributed by atoms with Gasteiger partial charge in [0.1, 0.15) is 11.0 Å². The number of hydrogen-bond acceptors (Lipinski definition) is 1. The molecule has 23 heavy (non-hydrogen) atoms. The van der Waals surface area contributed by atoms with Crippen molar-refractivity contribution in [2.75, 3.05) is 6.54 Å². The van der Waals surface area contributed by atoms with Crippen LogP contribution in [0.15, 0.2) is 0 Å². The van der Waals surface area contributed by atoms with Crippen molar-refractivity contribution >= 4 is 29.2 Å². The summed E-state index contributed by atoms with van der Waals surface area (Å²) in [6.45, 7) is 7.19. The average molecular weight is 367 g/mol. The van der Waals surface area contributed by atoms with Crippen LogP contribution in [0.25, 0.3) is 0 Å². The summed E-state index contributed by atoms with van der Waals surface area (Å²) in [5.41, 5.74) is -0.542. The number of carbonyl (C=O) groups excluding carboxylic acids is 1. The first-order valence-corrected chi connectivity index (χ1v) is 10.3. The number of amides is 2. The monoisotopic (exact) mass is 366 g/mol. The number of urea groups is 1. The van der Waals surface area contributed by atoms with Crippen LogP contribution in [0.2, 0.25) is 0 Å². The van der Waals surface area contributed by atoms with Crippen LogP contribution < -0.4 is 5.32 Å². The van der Waals surface area contributed by atoms with Gasteiger partial charge < -0.3 is 10.2 Å². The van der Waals surface area contributed by atoms with Crippen LogP contribution in [0, 0.1) is 0 Å². The van der Waals surface area contributed by atoms with Gasteiger partial charge >= 0.3 is 6.03 Å². The lowest BCUT2D eigenvalue weighted by Crippen LogP contribution is -2.47. The normalized spacial score (nSPS) is 13.6. The molecule has 0 aromatic rings.